The van der Waals surface area contributed by atoms with Crippen molar-refractivity contribution in [1.29, 1.82) is 0 Å². The number of hydrogen-bond donors (Lipinski definition) is 1. The van der Waals surface area contributed by atoms with E-state index in [1.54, 1.807) is 7.11 Å². The molecule has 0 aliphatic carbocycles. The van der Waals surface area contributed by atoms with Crippen LogP contribution >= 0.6 is 0 Å². The van der Waals surface area contributed by atoms with Crippen LogP contribution in [-0.4, -0.2) is 48.2 Å². The van der Waals surface area contributed by atoms with Gasteiger partial charge in [-0.25, -0.2) is 4.98 Å². The minimum Gasteiger partial charge on any atom is -0.497 e. The maximum atomic E-state index is 5.86. The molecule has 0 bridgehead atoms. The van der Waals surface area contributed by atoms with Crippen LogP contribution in [0.25, 0.3) is 0 Å². The number of nitrogens with two attached hydrogens (primary N) is 1. The molecule has 27 heavy (non-hydrogen) atoms. The predicted molar refractivity (Wildman–Crippen MR) is 108 cm³/mol. The lowest BCUT2D eigenvalue weighted by Crippen LogP contribution is -2.44. The average Bonchev–Trinajstić information content (AvgIpc) is 3.04. The van der Waals surface area contributed by atoms with E-state index in [1.807, 2.05) is 19.1 Å². The Labute approximate surface area is 161 Å². The van der Waals surface area contributed by atoms with Crippen molar-refractivity contribution in [3.63, 3.8) is 0 Å². The standard InChI is InChI=1S/C21H29N5O/c1-16-11-19(24-20(22)23-16)26-10-8-21(15-26)7-4-9-25(14-21)13-17-5-3-6-18(12-17)27-2/h3,5-6,11-12H,4,7-10,13-15H2,1-2H3,(H2,22,23,24). The van der Waals surface area contributed by atoms with Gasteiger partial charge in [0.15, 0.2) is 0 Å². The molecule has 0 amide bonds. The highest BCUT2D eigenvalue weighted by Gasteiger charge is 2.41. The van der Waals surface area contributed by atoms with Crippen LogP contribution in [0.4, 0.5) is 11.8 Å². The van der Waals surface area contributed by atoms with Crippen molar-refractivity contribution >= 4 is 11.8 Å². The molecule has 1 spiro atoms. The van der Waals surface area contributed by atoms with Crippen molar-refractivity contribution in [3.05, 3.63) is 41.6 Å². The number of piperidine rings is 1. The van der Waals surface area contributed by atoms with Crippen molar-refractivity contribution in [2.75, 3.05) is 43.9 Å². The number of nitrogen functional groups attached to an aromatic ring is 1. The Balaban J connectivity index is 1.44. The molecule has 2 aliphatic heterocycles. The molecule has 2 fully saturated rings. The number of aryl methyl sites for hydroxylation is 1. The normalized spacial score (nSPS) is 23.1. The topological polar surface area (TPSA) is 67.5 Å². The summed E-state index contributed by atoms with van der Waals surface area (Å²) < 4.78 is 5.37. The molecule has 0 saturated carbocycles. The third-order valence-corrected chi connectivity index (χ3v) is 5.90. The molecule has 1 aromatic carbocycles. The number of rotatable bonds is 4. The first-order valence-corrected chi connectivity index (χ1v) is 9.77. The van der Waals surface area contributed by atoms with Gasteiger partial charge >= 0.3 is 0 Å². The van der Waals surface area contributed by atoms with Crippen molar-refractivity contribution in [2.24, 2.45) is 5.41 Å². The van der Waals surface area contributed by atoms with E-state index in [9.17, 15) is 0 Å². The third-order valence-electron chi connectivity index (χ3n) is 5.90. The van der Waals surface area contributed by atoms with Gasteiger partial charge in [0.05, 0.1) is 7.11 Å². The van der Waals surface area contributed by atoms with Gasteiger partial charge in [0, 0.05) is 43.4 Å². The van der Waals surface area contributed by atoms with E-state index in [2.05, 4.69) is 38.0 Å². The Morgan fingerprint density at radius 2 is 2.04 bits per heavy atom. The Morgan fingerprint density at radius 3 is 2.85 bits per heavy atom. The Kier molecular flexibility index (Phi) is 4.91. The first-order valence-electron chi connectivity index (χ1n) is 9.77. The number of nitrogens with zero attached hydrogens (tertiary/aromatic N) is 4. The zero-order valence-electron chi connectivity index (χ0n) is 16.3. The second kappa shape index (κ2) is 7.35. The van der Waals surface area contributed by atoms with Gasteiger partial charge in [-0.3, -0.25) is 4.90 Å². The van der Waals surface area contributed by atoms with E-state index in [4.69, 9.17) is 10.5 Å². The van der Waals surface area contributed by atoms with E-state index >= 15 is 0 Å². The van der Waals surface area contributed by atoms with E-state index in [0.29, 0.717) is 11.4 Å². The van der Waals surface area contributed by atoms with Gasteiger partial charge in [0.2, 0.25) is 5.95 Å². The van der Waals surface area contributed by atoms with Crippen molar-refractivity contribution in [3.8, 4) is 5.75 Å². The summed E-state index contributed by atoms with van der Waals surface area (Å²) >= 11 is 0. The largest absolute Gasteiger partial charge is 0.497 e. The van der Waals surface area contributed by atoms with Gasteiger partial charge in [-0.15, -0.1) is 0 Å². The Bertz CT molecular complexity index is 791. The fraction of sp³-hybridized carbons (Fsp3) is 0.524. The van der Waals surface area contributed by atoms with E-state index in [-0.39, 0.29) is 0 Å². The van der Waals surface area contributed by atoms with Crippen LogP contribution in [0.2, 0.25) is 0 Å². The van der Waals surface area contributed by atoms with Gasteiger partial charge in [-0.2, -0.15) is 4.98 Å². The molecule has 2 N–H and O–H groups in total. The first-order chi connectivity index (χ1) is 13.0. The van der Waals surface area contributed by atoms with Crippen LogP contribution in [-0.2, 0) is 6.54 Å². The summed E-state index contributed by atoms with van der Waals surface area (Å²) in [6.07, 6.45) is 3.75. The van der Waals surface area contributed by atoms with Crippen LogP contribution in [0.5, 0.6) is 5.75 Å². The SMILES string of the molecule is COc1cccc(CN2CCCC3(CCN(c4cc(C)nc(N)n4)C3)C2)c1. The maximum Gasteiger partial charge on any atom is 0.222 e. The zero-order chi connectivity index (χ0) is 18.9. The summed E-state index contributed by atoms with van der Waals surface area (Å²) in [6, 6.07) is 10.5. The summed E-state index contributed by atoms with van der Waals surface area (Å²) in [6.45, 7) is 7.36. The molecule has 3 heterocycles. The number of benzene rings is 1. The second-order valence-corrected chi connectivity index (χ2v) is 8.06. The van der Waals surface area contributed by atoms with E-state index in [1.165, 1.54) is 31.4 Å². The first kappa shape index (κ1) is 18.0. The summed E-state index contributed by atoms with van der Waals surface area (Å²) in [5, 5.41) is 0. The van der Waals surface area contributed by atoms with Crippen LogP contribution in [0, 0.1) is 12.3 Å². The summed E-state index contributed by atoms with van der Waals surface area (Å²) in [4.78, 5) is 13.7. The Hall–Kier alpha value is -2.34. The molecule has 6 heteroatoms. The number of hydrogen-bond acceptors (Lipinski definition) is 6. The molecule has 0 radical (unpaired) electrons. The lowest BCUT2D eigenvalue weighted by molar-refractivity contribution is 0.0991. The van der Waals surface area contributed by atoms with Gasteiger partial charge in [0.25, 0.3) is 0 Å². The van der Waals surface area contributed by atoms with Crippen molar-refractivity contribution < 1.29 is 4.74 Å². The molecular formula is C21H29N5O. The number of likely N-dealkylation sites (tertiary alicyclic amines) is 1. The highest BCUT2D eigenvalue weighted by atomic mass is 16.5. The van der Waals surface area contributed by atoms with Gasteiger partial charge in [0.1, 0.15) is 11.6 Å². The average molecular weight is 367 g/mol. The number of anilines is 2. The monoisotopic (exact) mass is 367 g/mol. The van der Waals surface area contributed by atoms with E-state index in [0.717, 1.165) is 43.4 Å². The molecular weight excluding hydrogens is 338 g/mol. The lowest BCUT2D eigenvalue weighted by Gasteiger charge is -2.40. The van der Waals surface area contributed by atoms with Crippen molar-refractivity contribution in [1.82, 2.24) is 14.9 Å². The quantitative estimate of drug-likeness (QED) is 0.896. The lowest BCUT2D eigenvalue weighted by atomic mass is 9.79. The highest BCUT2D eigenvalue weighted by molar-refractivity contribution is 5.45. The maximum absolute atomic E-state index is 5.86. The highest BCUT2D eigenvalue weighted by Crippen LogP contribution is 2.40. The molecule has 2 aliphatic rings. The predicted octanol–water partition coefficient (Wildman–Crippen LogP) is 2.87. The molecule has 2 saturated heterocycles. The number of ether oxygens (including phenoxy) is 1. The molecule has 6 nitrogen and oxygen atoms in total. The van der Waals surface area contributed by atoms with Gasteiger partial charge in [-0.05, 0) is 50.4 Å². The van der Waals surface area contributed by atoms with E-state index < -0.39 is 0 Å². The second-order valence-electron chi connectivity index (χ2n) is 8.06. The molecule has 144 valence electrons. The third kappa shape index (κ3) is 4.00. The molecule has 4 rings (SSSR count). The van der Waals surface area contributed by atoms with Crippen LogP contribution in [0.15, 0.2) is 30.3 Å². The van der Waals surface area contributed by atoms with Crippen LogP contribution in [0.3, 0.4) is 0 Å². The molecule has 1 atom stereocenters. The van der Waals surface area contributed by atoms with Crippen molar-refractivity contribution in [2.45, 2.75) is 32.7 Å². The Morgan fingerprint density at radius 1 is 1.15 bits per heavy atom. The smallest absolute Gasteiger partial charge is 0.222 e. The fourth-order valence-electron chi connectivity index (χ4n) is 4.67. The van der Waals surface area contributed by atoms with Gasteiger partial charge in [-0.1, -0.05) is 12.1 Å². The number of aromatic nitrogens is 2. The summed E-state index contributed by atoms with van der Waals surface area (Å²) in [5.41, 5.74) is 8.47. The fourth-order valence-corrected chi connectivity index (χ4v) is 4.67. The minimum atomic E-state index is 0.352. The van der Waals surface area contributed by atoms with Crippen LogP contribution in [0.1, 0.15) is 30.5 Å². The molecule has 2 aromatic rings. The van der Waals surface area contributed by atoms with Crippen LogP contribution < -0.4 is 15.4 Å². The molecule has 1 aromatic heterocycles. The minimum absolute atomic E-state index is 0.352. The number of methoxy groups -OCH3 is 1. The molecule has 1 unspecified atom stereocenters. The zero-order valence-corrected chi connectivity index (χ0v) is 16.3. The summed E-state index contributed by atoms with van der Waals surface area (Å²) in [5.74, 6) is 2.28. The van der Waals surface area contributed by atoms with Gasteiger partial charge < -0.3 is 15.4 Å². The summed E-state index contributed by atoms with van der Waals surface area (Å²) in [7, 11) is 1.73.